The van der Waals surface area contributed by atoms with Crippen LogP contribution in [0.15, 0.2) is 49.2 Å². The van der Waals surface area contributed by atoms with Gasteiger partial charge in [0.05, 0.1) is 22.2 Å². The predicted molar refractivity (Wildman–Crippen MR) is 107 cm³/mol. The standard InChI is InChI=1S/C17H11Br2FN2O3S/c1-25-11-6-8(13(18)14(19)15(11)23)7-12-16(24)22-17(26-12)21-10-4-2-9(20)3-5-10/h2-7,23H,1H3,(H,21,22,24)/b12-7+. The molecule has 2 aromatic carbocycles. The van der Waals surface area contributed by atoms with E-state index in [4.69, 9.17) is 4.74 Å². The van der Waals surface area contributed by atoms with Gasteiger partial charge in [-0.2, -0.15) is 0 Å². The number of methoxy groups -OCH3 is 1. The minimum Gasteiger partial charge on any atom is -0.503 e. The Morgan fingerprint density at radius 1 is 1.27 bits per heavy atom. The molecule has 1 amide bonds. The predicted octanol–water partition coefficient (Wildman–Crippen LogP) is 4.96. The third-order valence-corrected chi connectivity index (χ3v) is 6.46. The first kappa shape index (κ1) is 18.9. The zero-order valence-electron chi connectivity index (χ0n) is 13.2. The number of halogens is 3. The number of thioether (sulfide) groups is 1. The molecular formula is C17H11Br2FN2O3S. The van der Waals surface area contributed by atoms with Crippen molar-refractivity contribution in [2.45, 2.75) is 0 Å². The fourth-order valence-electron chi connectivity index (χ4n) is 2.13. The summed E-state index contributed by atoms with van der Waals surface area (Å²) in [6, 6.07) is 7.26. The number of carbonyl (C=O) groups excluding carboxylic acids is 1. The number of ether oxygens (including phenoxy) is 1. The number of nitrogens with one attached hydrogen (secondary N) is 1. The Kier molecular flexibility index (Phi) is 5.69. The van der Waals surface area contributed by atoms with Crippen molar-refractivity contribution in [3.63, 3.8) is 0 Å². The van der Waals surface area contributed by atoms with Gasteiger partial charge in [0.25, 0.3) is 5.91 Å². The Balaban J connectivity index is 1.92. The lowest BCUT2D eigenvalue weighted by atomic mass is 10.2. The van der Waals surface area contributed by atoms with Gasteiger partial charge < -0.3 is 15.2 Å². The molecule has 0 unspecified atom stereocenters. The molecule has 0 bridgehead atoms. The lowest BCUT2D eigenvalue weighted by Gasteiger charge is -2.10. The normalized spacial score (nSPS) is 17.0. The number of carbonyl (C=O) groups is 1. The second-order valence-electron chi connectivity index (χ2n) is 5.10. The summed E-state index contributed by atoms with van der Waals surface area (Å²) in [5.74, 6) is -0.417. The summed E-state index contributed by atoms with van der Waals surface area (Å²) in [5.41, 5.74) is 1.18. The molecule has 0 aromatic heterocycles. The molecule has 0 saturated carbocycles. The van der Waals surface area contributed by atoms with E-state index in [2.05, 4.69) is 42.2 Å². The van der Waals surface area contributed by atoms with Crippen molar-refractivity contribution in [2.24, 2.45) is 4.99 Å². The molecule has 9 heteroatoms. The van der Waals surface area contributed by atoms with Crippen LogP contribution < -0.4 is 10.1 Å². The quantitative estimate of drug-likeness (QED) is 0.583. The van der Waals surface area contributed by atoms with Crippen molar-refractivity contribution >= 4 is 66.5 Å². The number of rotatable bonds is 3. The second kappa shape index (κ2) is 7.81. The smallest absolute Gasteiger partial charge is 0.264 e. The van der Waals surface area contributed by atoms with Gasteiger partial charge in [0, 0.05) is 4.47 Å². The van der Waals surface area contributed by atoms with Crippen LogP contribution in [-0.4, -0.2) is 23.3 Å². The van der Waals surface area contributed by atoms with Crippen LogP contribution in [0.2, 0.25) is 0 Å². The molecule has 1 fully saturated rings. The number of phenolic OH excluding ortho intramolecular Hbond substituents is 1. The van der Waals surface area contributed by atoms with Crippen LogP contribution >= 0.6 is 43.6 Å². The molecule has 0 aliphatic carbocycles. The Hall–Kier alpha value is -1.84. The molecule has 5 nitrogen and oxygen atoms in total. The monoisotopic (exact) mass is 500 g/mol. The lowest BCUT2D eigenvalue weighted by Crippen LogP contribution is -2.19. The van der Waals surface area contributed by atoms with E-state index in [0.717, 1.165) is 11.8 Å². The number of amidine groups is 1. The maximum atomic E-state index is 13.0. The highest BCUT2D eigenvalue weighted by molar-refractivity contribution is 9.13. The Labute approximate surface area is 169 Å². The van der Waals surface area contributed by atoms with Crippen molar-refractivity contribution in [1.29, 1.82) is 0 Å². The van der Waals surface area contributed by atoms with Crippen LogP contribution in [0.1, 0.15) is 5.56 Å². The number of benzene rings is 2. The third-order valence-electron chi connectivity index (χ3n) is 3.39. The largest absolute Gasteiger partial charge is 0.503 e. The molecule has 2 aromatic rings. The fraction of sp³-hybridized carbons (Fsp3) is 0.0588. The summed E-state index contributed by atoms with van der Waals surface area (Å²) < 4.78 is 19.1. The summed E-state index contributed by atoms with van der Waals surface area (Å²) in [6.45, 7) is 0. The molecule has 2 N–H and O–H groups in total. The number of aliphatic imine (C=N–C) groups is 1. The molecule has 1 aliphatic rings. The van der Waals surface area contributed by atoms with Crippen molar-refractivity contribution < 1.29 is 19.0 Å². The van der Waals surface area contributed by atoms with Gasteiger partial charge in [-0.15, -0.1) is 0 Å². The first-order chi connectivity index (χ1) is 12.4. The van der Waals surface area contributed by atoms with Gasteiger partial charge in [0.1, 0.15) is 5.82 Å². The van der Waals surface area contributed by atoms with Gasteiger partial charge in [-0.3, -0.25) is 4.79 Å². The average Bonchev–Trinajstić information content (AvgIpc) is 2.96. The highest BCUT2D eigenvalue weighted by Gasteiger charge is 2.25. The Morgan fingerprint density at radius 2 is 1.96 bits per heavy atom. The van der Waals surface area contributed by atoms with E-state index in [-0.39, 0.29) is 23.2 Å². The minimum absolute atomic E-state index is 0.0383. The van der Waals surface area contributed by atoms with Gasteiger partial charge in [-0.05, 0) is 85.6 Å². The summed E-state index contributed by atoms with van der Waals surface area (Å²) in [5, 5.41) is 13.1. The van der Waals surface area contributed by atoms with Crippen LogP contribution in [0.5, 0.6) is 11.5 Å². The highest BCUT2D eigenvalue weighted by Crippen LogP contribution is 2.43. The maximum Gasteiger partial charge on any atom is 0.264 e. The topological polar surface area (TPSA) is 70.9 Å². The number of amides is 1. The number of aromatic hydroxyl groups is 1. The first-order valence-electron chi connectivity index (χ1n) is 7.19. The first-order valence-corrected chi connectivity index (χ1v) is 9.59. The highest BCUT2D eigenvalue weighted by atomic mass is 79.9. The zero-order chi connectivity index (χ0) is 18.8. The van der Waals surface area contributed by atoms with Crippen LogP contribution in [-0.2, 0) is 4.79 Å². The SMILES string of the molecule is COc1cc(/C=C2/SC(=Nc3ccc(F)cc3)NC2=O)c(Br)c(Br)c1O. The van der Waals surface area contributed by atoms with Gasteiger partial charge in [-0.1, -0.05) is 0 Å². The van der Waals surface area contributed by atoms with Crippen LogP contribution in [0.3, 0.4) is 0 Å². The van der Waals surface area contributed by atoms with E-state index >= 15 is 0 Å². The van der Waals surface area contributed by atoms with Crippen molar-refractivity contribution in [3.8, 4) is 11.5 Å². The van der Waals surface area contributed by atoms with Gasteiger partial charge >= 0.3 is 0 Å². The molecule has 0 radical (unpaired) electrons. The fourth-order valence-corrected chi connectivity index (χ4v) is 3.80. The molecule has 0 spiro atoms. The lowest BCUT2D eigenvalue weighted by molar-refractivity contribution is -0.115. The van der Waals surface area contributed by atoms with Crippen molar-refractivity contribution in [2.75, 3.05) is 7.11 Å². The third kappa shape index (κ3) is 3.94. The number of hydrogen-bond donors (Lipinski definition) is 2. The average molecular weight is 502 g/mol. The van der Waals surface area contributed by atoms with Gasteiger partial charge in [0.2, 0.25) is 0 Å². The van der Waals surface area contributed by atoms with E-state index in [0.29, 0.717) is 30.3 Å². The van der Waals surface area contributed by atoms with Crippen LogP contribution in [0, 0.1) is 5.82 Å². The number of hydrogen-bond acceptors (Lipinski definition) is 5. The molecule has 0 atom stereocenters. The van der Waals surface area contributed by atoms with Crippen LogP contribution in [0.25, 0.3) is 6.08 Å². The summed E-state index contributed by atoms with van der Waals surface area (Å²) >= 11 is 7.83. The van der Waals surface area contributed by atoms with Crippen molar-refractivity contribution in [1.82, 2.24) is 5.32 Å². The Bertz CT molecular complexity index is 946. The van der Waals surface area contributed by atoms with E-state index in [9.17, 15) is 14.3 Å². The molecular weight excluding hydrogens is 491 g/mol. The van der Waals surface area contributed by atoms with Gasteiger partial charge in [-0.25, -0.2) is 9.38 Å². The molecule has 1 saturated heterocycles. The molecule has 134 valence electrons. The van der Waals surface area contributed by atoms with Crippen LogP contribution in [0.4, 0.5) is 10.1 Å². The summed E-state index contributed by atoms with van der Waals surface area (Å²) in [6.07, 6.45) is 1.66. The maximum absolute atomic E-state index is 13.0. The summed E-state index contributed by atoms with van der Waals surface area (Å²) in [4.78, 5) is 16.9. The zero-order valence-corrected chi connectivity index (χ0v) is 17.2. The van der Waals surface area contributed by atoms with E-state index < -0.39 is 0 Å². The van der Waals surface area contributed by atoms with E-state index in [1.807, 2.05) is 0 Å². The van der Waals surface area contributed by atoms with Crippen molar-refractivity contribution in [3.05, 3.63) is 55.6 Å². The van der Waals surface area contributed by atoms with E-state index in [1.54, 1.807) is 12.1 Å². The summed E-state index contributed by atoms with van der Waals surface area (Å²) in [7, 11) is 1.44. The molecule has 1 aliphatic heterocycles. The van der Waals surface area contributed by atoms with Gasteiger partial charge in [0.15, 0.2) is 16.7 Å². The minimum atomic E-state index is -0.352. The Morgan fingerprint density at radius 3 is 2.62 bits per heavy atom. The second-order valence-corrected chi connectivity index (χ2v) is 7.72. The van der Waals surface area contributed by atoms with E-state index in [1.165, 1.54) is 31.4 Å². The number of phenols is 1. The molecule has 3 rings (SSSR count). The number of nitrogens with zero attached hydrogens (tertiary/aromatic N) is 1. The molecule has 1 heterocycles. The molecule has 26 heavy (non-hydrogen) atoms.